The average molecular weight is 536 g/mol. The van der Waals surface area contributed by atoms with E-state index in [4.69, 9.17) is 0 Å². The third kappa shape index (κ3) is 6.44. The Hall–Kier alpha value is -2.10. The molecule has 2 aromatic rings. The number of rotatable bonds is 6. The molecule has 4 rings (SSSR count). The van der Waals surface area contributed by atoms with Gasteiger partial charge in [-0.2, -0.15) is 5.10 Å². The van der Waals surface area contributed by atoms with Gasteiger partial charge < -0.3 is 15.5 Å². The third-order valence-corrected chi connectivity index (χ3v) is 6.12. The molecule has 1 unspecified atom stereocenters. The van der Waals surface area contributed by atoms with Crippen LogP contribution in [-0.2, 0) is 17.9 Å². The molecule has 1 aliphatic carbocycles. The van der Waals surface area contributed by atoms with Crippen molar-refractivity contribution in [3.05, 3.63) is 53.9 Å². The van der Waals surface area contributed by atoms with Gasteiger partial charge in [-0.1, -0.05) is 37.1 Å². The van der Waals surface area contributed by atoms with Crippen LogP contribution in [0.15, 0.2) is 47.7 Å². The number of likely N-dealkylation sites (tertiary alicyclic amines) is 1. The molecule has 1 amide bonds. The fraction of sp³-hybridized carbons (Fsp3) is 0.522. The van der Waals surface area contributed by atoms with Crippen molar-refractivity contribution >= 4 is 35.8 Å². The number of halogens is 1. The van der Waals surface area contributed by atoms with Crippen LogP contribution in [0.2, 0.25) is 0 Å². The molecular formula is C23H33IN6O. The summed E-state index contributed by atoms with van der Waals surface area (Å²) in [5.41, 5.74) is 2.42. The van der Waals surface area contributed by atoms with Gasteiger partial charge in [-0.15, -0.1) is 24.0 Å². The number of aromatic nitrogens is 2. The standard InChI is InChI=1S/C23H32N6O.HI/c1-24-23(27-21-10-13-28(17-21)22(30)20-8-2-3-9-20)25-15-18-6-4-7-19(14-18)16-29-12-5-11-26-29;/h4-7,11-12,14,20-21H,2-3,8-10,13,15-17H2,1H3,(H2,24,25,27);1H. The molecule has 1 aromatic heterocycles. The monoisotopic (exact) mass is 536 g/mol. The maximum atomic E-state index is 12.7. The van der Waals surface area contributed by atoms with E-state index in [1.165, 1.54) is 24.0 Å². The molecule has 0 bridgehead atoms. The Morgan fingerprint density at radius 1 is 1.19 bits per heavy atom. The zero-order valence-electron chi connectivity index (χ0n) is 18.2. The first-order valence-corrected chi connectivity index (χ1v) is 11.0. The van der Waals surface area contributed by atoms with Gasteiger partial charge in [-0.05, 0) is 36.5 Å². The van der Waals surface area contributed by atoms with E-state index in [-0.39, 0.29) is 35.9 Å². The zero-order chi connectivity index (χ0) is 20.8. The fourth-order valence-electron chi connectivity index (χ4n) is 4.50. The largest absolute Gasteiger partial charge is 0.352 e. The minimum atomic E-state index is 0. The molecule has 2 heterocycles. The lowest BCUT2D eigenvalue weighted by atomic mass is 10.1. The smallest absolute Gasteiger partial charge is 0.225 e. The zero-order valence-corrected chi connectivity index (χ0v) is 20.5. The Labute approximate surface area is 201 Å². The van der Waals surface area contributed by atoms with Crippen molar-refractivity contribution in [3.63, 3.8) is 0 Å². The normalized spacial score (nSPS) is 19.3. The van der Waals surface area contributed by atoms with Gasteiger partial charge in [0.15, 0.2) is 5.96 Å². The van der Waals surface area contributed by atoms with Crippen LogP contribution in [0, 0.1) is 5.92 Å². The number of aliphatic imine (C=N–C) groups is 1. The number of carbonyl (C=O) groups excluding carboxylic acids is 1. The van der Waals surface area contributed by atoms with E-state index in [2.05, 4.69) is 45.0 Å². The van der Waals surface area contributed by atoms with E-state index in [9.17, 15) is 4.79 Å². The molecule has 1 aliphatic heterocycles. The number of carbonyl (C=O) groups is 1. The Bertz CT molecular complexity index is 863. The summed E-state index contributed by atoms with van der Waals surface area (Å²) in [6.45, 7) is 3.08. The van der Waals surface area contributed by atoms with Crippen LogP contribution in [0.4, 0.5) is 0 Å². The van der Waals surface area contributed by atoms with Crippen LogP contribution in [0.5, 0.6) is 0 Å². The fourth-order valence-corrected chi connectivity index (χ4v) is 4.50. The first kappa shape index (κ1) is 23.6. The van der Waals surface area contributed by atoms with Gasteiger partial charge >= 0.3 is 0 Å². The van der Waals surface area contributed by atoms with E-state index in [0.717, 1.165) is 44.9 Å². The lowest BCUT2D eigenvalue weighted by Gasteiger charge is -2.21. The molecule has 1 aromatic carbocycles. The van der Waals surface area contributed by atoms with Crippen molar-refractivity contribution in [3.8, 4) is 0 Å². The summed E-state index contributed by atoms with van der Waals surface area (Å²) < 4.78 is 1.92. The molecule has 8 heteroatoms. The lowest BCUT2D eigenvalue weighted by molar-refractivity contribution is -0.134. The summed E-state index contributed by atoms with van der Waals surface area (Å²) in [6, 6.07) is 10.7. The van der Waals surface area contributed by atoms with Crippen LogP contribution in [0.3, 0.4) is 0 Å². The maximum Gasteiger partial charge on any atom is 0.225 e. The summed E-state index contributed by atoms with van der Waals surface area (Å²) >= 11 is 0. The Morgan fingerprint density at radius 3 is 2.74 bits per heavy atom. The number of hydrogen-bond donors (Lipinski definition) is 2. The van der Waals surface area contributed by atoms with Crippen LogP contribution in [0.25, 0.3) is 0 Å². The first-order chi connectivity index (χ1) is 14.7. The Morgan fingerprint density at radius 2 is 2.00 bits per heavy atom. The topological polar surface area (TPSA) is 74.6 Å². The molecule has 1 atom stereocenters. The molecule has 31 heavy (non-hydrogen) atoms. The molecule has 0 radical (unpaired) electrons. The van der Waals surface area contributed by atoms with E-state index < -0.39 is 0 Å². The van der Waals surface area contributed by atoms with Gasteiger partial charge in [0.1, 0.15) is 0 Å². The number of nitrogens with zero attached hydrogens (tertiary/aromatic N) is 4. The van der Waals surface area contributed by atoms with E-state index in [0.29, 0.717) is 12.5 Å². The molecule has 0 spiro atoms. The average Bonchev–Trinajstić information content (AvgIpc) is 3.54. The van der Waals surface area contributed by atoms with Gasteiger partial charge in [-0.25, -0.2) is 0 Å². The Balaban J connectivity index is 0.00000272. The van der Waals surface area contributed by atoms with E-state index in [1.54, 1.807) is 13.2 Å². The summed E-state index contributed by atoms with van der Waals surface area (Å²) in [5.74, 6) is 1.40. The number of benzene rings is 1. The predicted octanol–water partition coefficient (Wildman–Crippen LogP) is 3.01. The molecule has 2 N–H and O–H groups in total. The van der Waals surface area contributed by atoms with Gasteiger partial charge in [0.05, 0.1) is 6.54 Å². The highest BCUT2D eigenvalue weighted by atomic mass is 127. The van der Waals surface area contributed by atoms with Crippen LogP contribution >= 0.6 is 24.0 Å². The number of hydrogen-bond acceptors (Lipinski definition) is 3. The van der Waals surface area contributed by atoms with Gasteiger partial charge in [-0.3, -0.25) is 14.5 Å². The van der Waals surface area contributed by atoms with E-state index in [1.807, 2.05) is 21.8 Å². The SMILES string of the molecule is CN=C(NCc1cccc(Cn2cccn2)c1)NC1CCN(C(=O)C2CCCC2)C1.I. The molecule has 2 fully saturated rings. The summed E-state index contributed by atoms with van der Waals surface area (Å²) in [4.78, 5) is 19.1. The molecule has 2 aliphatic rings. The van der Waals surface area contributed by atoms with Crippen molar-refractivity contribution in [2.75, 3.05) is 20.1 Å². The number of nitrogens with one attached hydrogen (secondary N) is 2. The van der Waals surface area contributed by atoms with Crippen LogP contribution < -0.4 is 10.6 Å². The highest BCUT2D eigenvalue weighted by molar-refractivity contribution is 14.0. The second-order valence-electron chi connectivity index (χ2n) is 8.34. The van der Waals surface area contributed by atoms with Crippen LogP contribution in [-0.4, -0.2) is 52.7 Å². The van der Waals surface area contributed by atoms with E-state index >= 15 is 0 Å². The third-order valence-electron chi connectivity index (χ3n) is 6.12. The number of guanidine groups is 1. The molecule has 1 saturated carbocycles. The summed E-state index contributed by atoms with van der Waals surface area (Å²) in [5, 5.41) is 11.2. The van der Waals surface area contributed by atoms with Gasteiger partial charge in [0.2, 0.25) is 5.91 Å². The quantitative estimate of drug-likeness (QED) is 0.338. The van der Waals surface area contributed by atoms with Crippen molar-refractivity contribution in [2.24, 2.45) is 10.9 Å². The molecule has 168 valence electrons. The minimum Gasteiger partial charge on any atom is -0.352 e. The maximum absolute atomic E-state index is 12.7. The van der Waals surface area contributed by atoms with Crippen molar-refractivity contribution < 1.29 is 4.79 Å². The number of amides is 1. The summed E-state index contributed by atoms with van der Waals surface area (Å²) in [6.07, 6.45) is 9.27. The van der Waals surface area contributed by atoms with Crippen molar-refractivity contribution in [2.45, 2.75) is 51.2 Å². The second-order valence-corrected chi connectivity index (χ2v) is 8.34. The van der Waals surface area contributed by atoms with Crippen molar-refractivity contribution in [1.82, 2.24) is 25.3 Å². The molecule has 1 saturated heterocycles. The highest BCUT2D eigenvalue weighted by Crippen LogP contribution is 2.27. The van der Waals surface area contributed by atoms with Gasteiger partial charge in [0.25, 0.3) is 0 Å². The van der Waals surface area contributed by atoms with Gasteiger partial charge in [0, 0.05) is 51.0 Å². The second kappa shape index (κ2) is 11.5. The molecular weight excluding hydrogens is 503 g/mol. The lowest BCUT2D eigenvalue weighted by Crippen LogP contribution is -2.45. The minimum absolute atomic E-state index is 0. The van der Waals surface area contributed by atoms with Crippen LogP contribution in [0.1, 0.15) is 43.2 Å². The summed E-state index contributed by atoms with van der Waals surface area (Å²) in [7, 11) is 1.79. The first-order valence-electron chi connectivity index (χ1n) is 11.0. The highest BCUT2D eigenvalue weighted by Gasteiger charge is 2.32. The molecule has 7 nitrogen and oxygen atoms in total. The predicted molar refractivity (Wildman–Crippen MR) is 133 cm³/mol. The van der Waals surface area contributed by atoms with Crippen molar-refractivity contribution in [1.29, 1.82) is 0 Å². The Kier molecular flexibility index (Phi) is 8.74.